The van der Waals surface area contributed by atoms with Crippen molar-refractivity contribution in [1.82, 2.24) is 5.32 Å². The highest BCUT2D eigenvalue weighted by atomic mass is 16.5. The quantitative estimate of drug-likeness (QED) is 0.670. The van der Waals surface area contributed by atoms with Gasteiger partial charge in [-0.2, -0.15) is 0 Å². The lowest BCUT2D eigenvalue weighted by Gasteiger charge is -2.17. The number of carbonyl (C=O) groups excluding carboxylic acids is 1. The molecule has 2 N–H and O–H groups in total. The molecule has 0 saturated carbocycles. The highest BCUT2D eigenvalue weighted by molar-refractivity contribution is 5.92. The second kappa shape index (κ2) is 9.64. The Kier molecular flexibility index (Phi) is 7.23. The average Bonchev–Trinajstić information content (AvgIpc) is 2.62. The third kappa shape index (κ3) is 6.43. The van der Waals surface area contributed by atoms with Gasteiger partial charge in [0.25, 0.3) is 0 Å². The van der Waals surface area contributed by atoms with Gasteiger partial charge in [-0.3, -0.25) is 4.79 Å². The average molecular weight is 338 g/mol. The minimum Gasteiger partial charge on any atom is -0.489 e. The predicted molar refractivity (Wildman–Crippen MR) is 103 cm³/mol. The summed E-state index contributed by atoms with van der Waals surface area (Å²) in [6.07, 6.45) is 0.923. The summed E-state index contributed by atoms with van der Waals surface area (Å²) in [5.74, 6) is 0.694. The first-order chi connectivity index (χ1) is 12.1. The minimum absolute atomic E-state index is 0.0648. The van der Waals surface area contributed by atoms with Gasteiger partial charge < -0.3 is 15.4 Å². The van der Waals surface area contributed by atoms with E-state index in [2.05, 4.69) is 36.3 Å². The Morgan fingerprint density at radius 3 is 2.40 bits per heavy atom. The molecule has 0 spiro atoms. The van der Waals surface area contributed by atoms with E-state index in [1.165, 1.54) is 5.56 Å². The molecule has 4 heteroatoms. The Morgan fingerprint density at radius 1 is 1.12 bits per heavy atom. The van der Waals surface area contributed by atoms with Crippen LogP contribution in [-0.4, -0.2) is 19.1 Å². The summed E-state index contributed by atoms with van der Waals surface area (Å²) in [7, 11) is 0. The highest BCUT2D eigenvalue weighted by Crippen LogP contribution is 2.17. The summed E-state index contributed by atoms with van der Waals surface area (Å²) in [5.41, 5.74) is 2.91. The van der Waals surface area contributed by atoms with Gasteiger partial charge in [-0.15, -0.1) is 0 Å². The molecule has 0 radical (unpaired) electrons. The van der Waals surface area contributed by atoms with Crippen LogP contribution in [0, 0.1) is 0 Å². The molecule has 132 valence electrons. The normalized spacial score (nSPS) is 11.6. The molecule has 0 fully saturated rings. The second-order valence-corrected chi connectivity index (χ2v) is 6.07. The minimum atomic E-state index is -0.0648. The first-order valence-electron chi connectivity index (χ1n) is 8.54. The molecule has 2 aromatic rings. The molecule has 0 aliphatic rings. The monoisotopic (exact) mass is 338 g/mol. The first-order valence-corrected chi connectivity index (χ1v) is 8.54. The molecular formula is C21H26N2O2. The maximum absolute atomic E-state index is 12.1. The number of anilines is 1. The number of carbonyl (C=O) groups is 1. The SMILES string of the molecule is C=C(C)COc1ccc(NC(=O)CNC(CC)c2ccccc2)cc1. The topological polar surface area (TPSA) is 50.4 Å². The Bertz CT molecular complexity index is 681. The molecule has 2 aromatic carbocycles. The predicted octanol–water partition coefficient (Wildman–Crippen LogP) is 4.32. The Labute approximate surface area is 149 Å². The van der Waals surface area contributed by atoms with Crippen molar-refractivity contribution in [3.8, 4) is 5.75 Å². The Hall–Kier alpha value is -2.59. The van der Waals surface area contributed by atoms with Crippen LogP contribution in [-0.2, 0) is 4.79 Å². The van der Waals surface area contributed by atoms with Gasteiger partial charge in [-0.1, -0.05) is 43.8 Å². The fourth-order valence-corrected chi connectivity index (χ4v) is 2.45. The zero-order valence-corrected chi connectivity index (χ0v) is 14.9. The highest BCUT2D eigenvalue weighted by Gasteiger charge is 2.10. The number of nitrogens with one attached hydrogen (secondary N) is 2. The van der Waals surface area contributed by atoms with Crippen LogP contribution in [0.2, 0.25) is 0 Å². The van der Waals surface area contributed by atoms with Crippen molar-refractivity contribution in [2.24, 2.45) is 0 Å². The van der Waals surface area contributed by atoms with Crippen LogP contribution >= 0.6 is 0 Å². The lowest BCUT2D eigenvalue weighted by Crippen LogP contribution is -2.31. The maximum atomic E-state index is 12.1. The van der Waals surface area contributed by atoms with Crippen LogP contribution in [0.25, 0.3) is 0 Å². The standard InChI is InChI=1S/C21H26N2O2/c1-4-20(17-8-6-5-7-9-17)22-14-21(24)23-18-10-12-19(13-11-18)25-15-16(2)3/h5-13,20,22H,2,4,14-15H2,1,3H3,(H,23,24). The van der Waals surface area contributed by atoms with Crippen LogP contribution in [0.1, 0.15) is 31.9 Å². The largest absolute Gasteiger partial charge is 0.489 e. The summed E-state index contributed by atoms with van der Waals surface area (Å²) in [5, 5.41) is 6.19. The molecule has 1 unspecified atom stereocenters. The number of hydrogen-bond donors (Lipinski definition) is 2. The van der Waals surface area contributed by atoms with Crippen LogP contribution in [0.3, 0.4) is 0 Å². The van der Waals surface area contributed by atoms with E-state index < -0.39 is 0 Å². The zero-order valence-electron chi connectivity index (χ0n) is 14.9. The van der Waals surface area contributed by atoms with E-state index in [9.17, 15) is 4.79 Å². The van der Waals surface area contributed by atoms with Gasteiger partial charge in [0.1, 0.15) is 12.4 Å². The van der Waals surface area contributed by atoms with E-state index in [0.717, 1.165) is 23.4 Å². The van der Waals surface area contributed by atoms with Gasteiger partial charge in [0.05, 0.1) is 6.54 Å². The number of benzene rings is 2. The summed E-state index contributed by atoms with van der Waals surface area (Å²) in [6.45, 7) is 8.58. The summed E-state index contributed by atoms with van der Waals surface area (Å²) in [4.78, 5) is 12.1. The molecule has 0 heterocycles. The third-order valence-corrected chi connectivity index (χ3v) is 3.74. The summed E-state index contributed by atoms with van der Waals surface area (Å²) in [6, 6.07) is 17.7. The molecule has 1 atom stereocenters. The number of ether oxygens (including phenoxy) is 1. The summed E-state index contributed by atoms with van der Waals surface area (Å²) >= 11 is 0. The molecule has 0 bridgehead atoms. The van der Waals surface area contributed by atoms with Gasteiger partial charge in [0.15, 0.2) is 0 Å². The number of hydrogen-bond acceptors (Lipinski definition) is 3. The van der Waals surface area contributed by atoms with Gasteiger partial charge in [-0.25, -0.2) is 0 Å². The van der Waals surface area contributed by atoms with Crippen molar-refractivity contribution in [1.29, 1.82) is 0 Å². The van der Waals surface area contributed by atoms with Crippen molar-refractivity contribution in [2.75, 3.05) is 18.5 Å². The van der Waals surface area contributed by atoms with Crippen LogP contribution < -0.4 is 15.4 Å². The maximum Gasteiger partial charge on any atom is 0.238 e. The Balaban J connectivity index is 1.82. The number of amides is 1. The van der Waals surface area contributed by atoms with Crippen LogP contribution in [0.4, 0.5) is 5.69 Å². The number of rotatable bonds is 9. The third-order valence-electron chi connectivity index (χ3n) is 3.74. The van der Waals surface area contributed by atoms with Gasteiger partial charge >= 0.3 is 0 Å². The smallest absolute Gasteiger partial charge is 0.238 e. The van der Waals surface area contributed by atoms with Gasteiger partial charge in [0, 0.05) is 11.7 Å². The van der Waals surface area contributed by atoms with E-state index in [-0.39, 0.29) is 18.5 Å². The Morgan fingerprint density at radius 2 is 1.80 bits per heavy atom. The van der Waals surface area contributed by atoms with Crippen molar-refractivity contribution in [2.45, 2.75) is 26.3 Å². The van der Waals surface area contributed by atoms with E-state index >= 15 is 0 Å². The van der Waals surface area contributed by atoms with Crippen molar-refractivity contribution < 1.29 is 9.53 Å². The molecule has 25 heavy (non-hydrogen) atoms. The lowest BCUT2D eigenvalue weighted by atomic mass is 10.0. The van der Waals surface area contributed by atoms with E-state index in [1.807, 2.05) is 49.4 Å². The molecular weight excluding hydrogens is 312 g/mol. The van der Waals surface area contributed by atoms with Crippen LogP contribution in [0.5, 0.6) is 5.75 Å². The van der Waals surface area contributed by atoms with Crippen molar-refractivity contribution in [3.63, 3.8) is 0 Å². The van der Waals surface area contributed by atoms with Crippen LogP contribution in [0.15, 0.2) is 66.7 Å². The first kappa shape index (κ1) is 18.7. The van der Waals surface area contributed by atoms with Crippen molar-refractivity contribution in [3.05, 3.63) is 72.3 Å². The lowest BCUT2D eigenvalue weighted by molar-refractivity contribution is -0.115. The van der Waals surface area contributed by atoms with E-state index in [4.69, 9.17) is 4.74 Å². The van der Waals surface area contributed by atoms with Crippen molar-refractivity contribution >= 4 is 11.6 Å². The molecule has 0 saturated heterocycles. The second-order valence-electron chi connectivity index (χ2n) is 6.07. The molecule has 4 nitrogen and oxygen atoms in total. The van der Waals surface area contributed by atoms with Gasteiger partial charge in [0.2, 0.25) is 5.91 Å². The fraction of sp³-hybridized carbons (Fsp3) is 0.286. The van der Waals surface area contributed by atoms with E-state index in [1.54, 1.807) is 0 Å². The van der Waals surface area contributed by atoms with Gasteiger partial charge in [-0.05, 0) is 48.7 Å². The summed E-state index contributed by atoms with van der Waals surface area (Å²) < 4.78 is 5.55. The molecule has 0 aliphatic heterocycles. The molecule has 0 aromatic heterocycles. The molecule has 2 rings (SSSR count). The fourth-order valence-electron chi connectivity index (χ4n) is 2.45. The molecule has 1 amide bonds. The molecule has 0 aliphatic carbocycles. The van der Waals surface area contributed by atoms with E-state index in [0.29, 0.717) is 6.61 Å². The zero-order chi connectivity index (χ0) is 18.1.